The maximum absolute atomic E-state index is 13.3. The molecule has 6 N–H and O–H groups in total. The molecular formula is C16H18ClFN6O3. The number of benzene rings is 1. The summed E-state index contributed by atoms with van der Waals surface area (Å²) in [6.45, 7) is -0.269. The monoisotopic (exact) mass is 396 g/mol. The summed E-state index contributed by atoms with van der Waals surface area (Å²) in [7, 11) is 0. The first-order chi connectivity index (χ1) is 12.9. The number of azo groups is 1. The first-order valence-electron chi connectivity index (χ1n) is 8.13. The zero-order valence-corrected chi connectivity index (χ0v) is 14.8. The molecule has 144 valence electrons. The number of rotatable bonds is 5. The van der Waals surface area contributed by atoms with Crippen LogP contribution in [0.15, 0.2) is 34.5 Å². The van der Waals surface area contributed by atoms with Crippen LogP contribution in [0.5, 0.6) is 0 Å². The van der Waals surface area contributed by atoms with Gasteiger partial charge in [-0.2, -0.15) is 15.1 Å². The highest BCUT2D eigenvalue weighted by atomic mass is 35.5. The lowest BCUT2D eigenvalue weighted by molar-refractivity contribution is 0.00446. The summed E-state index contributed by atoms with van der Waals surface area (Å²) in [6, 6.07) is 4.87. The maximum atomic E-state index is 13.3. The minimum atomic E-state index is -1.13. The fourth-order valence-electron chi connectivity index (χ4n) is 2.90. The summed E-state index contributed by atoms with van der Waals surface area (Å²) < 4.78 is 13.3. The van der Waals surface area contributed by atoms with Crippen LogP contribution in [0.4, 0.5) is 27.5 Å². The number of aromatic nitrogens is 2. The number of hydrogen-bond donors (Lipinski definition) is 5. The highest BCUT2D eigenvalue weighted by Gasteiger charge is 2.41. The molecule has 0 bridgehead atoms. The number of nitrogens with two attached hydrogens (primary N) is 1. The van der Waals surface area contributed by atoms with Crippen molar-refractivity contribution in [3.05, 3.63) is 35.2 Å². The molecule has 2 aromatic rings. The van der Waals surface area contributed by atoms with Crippen molar-refractivity contribution in [3.8, 4) is 0 Å². The van der Waals surface area contributed by atoms with Gasteiger partial charge in [0.25, 0.3) is 0 Å². The van der Waals surface area contributed by atoms with Crippen molar-refractivity contribution in [3.63, 3.8) is 0 Å². The standard InChI is InChI=1S/C16H18ClFN6O3/c17-14-11(24-23-9-3-1-2-8(18)5-9)15(22-16(19)21-14)20-10-4-7(6-25)12(26)13(10)27/h1-3,5,7,10,12-13,25-27H,4,6H2,(H3,19,20,21,22)/b24-23+/t7-,10-,12-,13+/m1/s1. The average molecular weight is 397 g/mol. The van der Waals surface area contributed by atoms with Gasteiger partial charge < -0.3 is 26.4 Å². The van der Waals surface area contributed by atoms with E-state index in [9.17, 15) is 19.7 Å². The molecule has 1 aliphatic rings. The van der Waals surface area contributed by atoms with Crippen molar-refractivity contribution in [2.24, 2.45) is 16.1 Å². The largest absolute Gasteiger partial charge is 0.396 e. The van der Waals surface area contributed by atoms with Gasteiger partial charge in [0.05, 0.1) is 17.8 Å². The van der Waals surface area contributed by atoms with Gasteiger partial charge in [-0.25, -0.2) is 4.39 Å². The highest BCUT2D eigenvalue weighted by Crippen LogP contribution is 2.36. The predicted molar refractivity (Wildman–Crippen MR) is 96.6 cm³/mol. The normalized spacial score (nSPS) is 25.2. The van der Waals surface area contributed by atoms with Gasteiger partial charge in [-0.1, -0.05) is 17.7 Å². The zero-order valence-electron chi connectivity index (χ0n) is 14.0. The van der Waals surface area contributed by atoms with Gasteiger partial charge in [-0.05, 0) is 18.6 Å². The molecule has 0 amide bonds. The number of hydrogen-bond acceptors (Lipinski definition) is 9. The van der Waals surface area contributed by atoms with Crippen LogP contribution in [0, 0.1) is 11.7 Å². The summed E-state index contributed by atoms with van der Waals surface area (Å²) in [5, 5.41) is 40.1. The molecule has 9 nitrogen and oxygen atoms in total. The quantitative estimate of drug-likeness (QED) is 0.382. The second-order valence-electron chi connectivity index (χ2n) is 6.16. The molecule has 1 fully saturated rings. The second-order valence-corrected chi connectivity index (χ2v) is 6.52. The van der Waals surface area contributed by atoms with E-state index in [2.05, 4.69) is 25.5 Å². The fraction of sp³-hybridized carbons (Fsp3) is 0.375. The minimum Gasteiger partial charge on any atom is -0.396 e. The highest BCUT2D eigenvalue weighted by molar-refractivity contribution is 6.32. The van der Waals surface area contributed by atoms with Crippen molar-refractivity contribution in [2.75, 3.05) is 17.7 Å². The van der Waals surface area contributed by atoms with E-state index >= 15 is 0 Å². The Balaban J connectivity index is 1.89. The summed E-state index contributed by atoms with van der Waals surface area (Å²) in [5.41, 5.74) is 5.93. The van der Waals surface area contributed by atoms with Gasteiger partial charge in [-0.3, -0.25) is 0 Å². The average Bonchev–Trinajstić information content (AvgIpc) is 2.89. The molecule has 0 saturated heterocycles. The second kappa shape index (κ2) is 8.09. The predicted octanol–water partition coefficient (Wildman–Crippen LogP) is 1.78. The Hall–Kier alpha value is -2.40. The van der Waals surface area contributed by atoms with Crippen molar-refractivity contribution < 1.29 is 19.7 Å². The van der Waals surface area contributed by atoms with Gasteiger partial charge in [0.15, 0.2) is 16.7 Å². The molecule has 0 unspecified atom stereocenters. The van der Waals surface area contributed by atoms with Gasteiger partial charge in [0.2, 0.25) is 5.95 Å². The van der Waals surface area contributed by atoms with Crippen LogP contribution in [0.2, 0.25) is 5.15 Å². The van der Waals surface area contributed by atoms with Crippen LogP contribution in [0.3, 0.4) is 0 Å². The molecule has 3 rings (SSSR count). The van der Waals surface area contributed by atoms with Gasteiger partial charge >= 0.3 is 0 Å². The van der Waals surface area contributed by atoms with Crippen LogP contribution in [0.1, 0.15) is 6.42 Å². The molecule has 1 saturated carbocycles. The zero-order chi connectivity index (χ0) is 19.6. The number of nitrogens with one attached hydrogen (secondary N) is 1. The van der Waals surface area contributed by atoms with E-state index in [1.807, 2.05) is 0 Å². The van der Waals surface area contributed by atoms with E-state index < -0.39 is 30.0 Å². The smallest absolute Gasteiger partial charge is 0.223 e. The lowest BCUT2D eigenvalue weighted by Gasteiger charge is -2.19. The van der Waals surface area contributed by atoms with E-state index in [1.54, 1.807) is 6.07 Å². The van der Waals surface area contributed by atoms with Gasteiger partial charge in [0.1, 0.15) is 11.9 Å². The Kier molecular flexibility index (Phi) is 5.80. The van der Waals surface area contributed by atoms with Crippen LogP contribution < -0.4 is 11.1 Å². The summed E-state index contributed by atoms with van der Waals surface area (Å²) in [5.74, 6) is -0.978. The SMILES string of the molecule is Nc1nc(Cl)c(/N=N/c2cccc(F)c2)c(N[C@@H]2C[C@H](CO)[C@@H](O)[C@H]2O)n1. The molecule has 1 aromatic carbocycles. The molecule has 0 aliphatic heterocycles. The van der Waals surface area contributed by atoms with E-state index in [4.69, 9.17) is 17.3 Å². The molecule has 11 heteroatoms. The van der Waals surface area contributed by atoms with E-state index in [0.29, 0.717) is 6.42 Å². The third-order valence-electron chi connectivity index (χ3n) is 4.29. The van der Waals surface area contributed by atoms with Crippen molar-refractivity contribution >= 4 is 34.7 Å². The first kappa shape index (κ1) is 19.4. The third kappa shape index (κ3) is 4.30. The van der Waals surface area contributed by atoms with Crippen molar-refractivity contribution in [2.45, 2.75) is 24.7 Å². The number of nitrogens with zero attached hydrogens (tertiary/aromatic N) is 4. The fourth-order valence-corrected chi connectivity index (χ4v) is 3.12. The molecule has 1 aliphatic carbocycles. The van der Waals surface area contributed by atoms with E-state index in [0.717, 1.165) is 0 Å². The van der Waals surface area contributed by atoms with E-state index in [-0.39, 0.29) is 34.9 Å². The number of aliphatic hydroxyl groups is 3. The molecule has 27 heavy (non-hydrogen) atoms. The summed E-state index contributed by atoms with van der Waals surface area (Å²) >= 11 is 6.09. The number of aliphatic hydroxyl groups excluding tert-OH is 3. The summed E-state index contributed by atoms with van der Waals surface area (Å²) in [4.78, 5) is 7.84. The molecular weight excluding hydrogens is 379 g/mol. The maximum Gasteiger partial charge on any atom is 0.223 e. The minimum absolute atomic E-state index is 0.0456. The Labute approximate surface area is 158 Å². The topological polar surface area (TPSA) is 149 Å². The number of halogens is 2. The Bertz CT molecular complexity index is 855. The molecule has 0 radical (unpaired) electrons. The van der Waals surface area contributed by atoms with Crippen LogP contribution in [-0.2, 0) is 0 Å². The first-order valence-corrected chi connectivity index (χ1v) is 8.50. The molecule has 0 spiro atoms. The number of anilines is 2. The van der Waals surface area contributed by atoms with Crippen molar-refractivity contribution in [1.29, 1.82) is 0 Å². The van der Waals surface area contributed by atoms with Crippen LogP contribution in [0.25, 0.3) is 0 Å². The third-order valence-corrected chi connectivity index (χ3v) is 4.55. The Morgan fingerprint density at radius 2 is 2.04 bits per heavy atom. The lowest BCUT2D eigenvalue weighted by atomic mass is 10.1. The lowest BCUT2D eigenvalue weighted by Crippen LogP contribution is -2.35. The van der Waals surface area contributed by atoms with Crippen LogP contribution in [-0.4, -0.2) is 50.1 Å². The van der Waals surface area contributed by atoms with Crippen LogP contribution >= 0.6 is 11.6 Å². The summed E-state index contributed by atoms with van der Waals surface area (Å²) in [6.07, 6.45) is -1.93. The van der Waals surface area contributed by atoms with Gasteiger partial charge in [-0.15, -0.1) is 5.11 Å². The Morgan fingerprint density at radius 1 is 1.26 bits per heavy atom. The van der Waals surface area contributed by atoms with E-state index in [1.165, 1.54) is 18.2 Å². The molecule has 1 heterocycles. The Morgan fingerprint density at radius 3 is 2.70 bits per heavy atom. The van der Waals surface area contributed by atoms with Crippen molar-refractivity contribution in [1.82, 2.24) is 9.97 Å². The molecule has 1 aromatic heterocycles. The van der Waals surface area contributed by atoms with Gasteiger partial charge in [0, 0.05) is 18.6 Å². The number of nitrogen functional groups attached to an aromatic ring is 1. The molecule has 4 atom stereocenters.